The van der Waals surface area contributed by atoms with Gasteiger partial charge in [0, 0.05) is 6.42 Å². The van der Waals surface area contributed by atoms with Gasteiger partial charge in [0.1, 0.15) is 0 Å². The van der Waals surface area contributed by atoms with E-state index in [1.165, 1.54) is 0 Å². The SMILES string of the molecule is NC(O)C(F)(F)Cc1ccccc1. The summed E-state index contributed by atoms with van der Waals surface area (Å²) in [4.78, 5) is 0. The van der Waals surface area contributed by atoms with E-state index in [4.69, 9.17) is 10.8 Å². The lowest BCUT2D eigenvalue weighted by Gasteiger charge is -2.18. The van der Waals surface area contributed by atoms with Gasteiger partial charge in [0.2, 0.25) is 0 Å². The van der Waals surface area contributed by atoms with Crippen LogP contribution in [0.4, 0.5) is 8.78 Å². The van der Waals surface area contributed by atoms with Crippen LogP contribution in [0.5, 0.6) is 0 Å². The summed E-state index contributed by atoms with van der Waals surface area (Å²) in [5, 5.41) is 8.57. The van der Waals surface area contributed by atoms with Gasteiger partial charge in [0.15, 0.2) is 6.23 Å². The molecule has 0 amide bonds. The van der Waals surface area contributed by atoms with Crippen LogP contribution in [0.3, 0.4) is 0 Å². The molecular weight excluding hydrogens is 176 g/mol. The first-order valence-electron chi connectivity index (χ1n) is 3.88. The van der Waals surface area contributed by atoms with Gasteiger partial charge >= 0.3 is 0 Å². The molecule has 1 atom stereocenters. The van der Waals surface area contributed by atoms with Crippen molar-refractivity contribution in [2.45, 2.75) is 18.6 Å². The smallest absolute Gasteiger partial charge is 0.290 e. The minimum absolute atomic E-state index is 0.456. The Balaban J connectivity index is 2.69. The van der Waals surface area contributed by atoms with Crippen LogP contribution in [-0.4, -0.2) is 17.3 Å². The zero-order valence-corrected chi connectivity index (χ0v) is 6.95. The number of hydrogen-bond acceptors (Lipinski definition) is 2. The molecule has 1 aromatic rings. The molecule has 1 unspecified atom stereocenters. The maximum absolute atomic E-state index is 12.9. The monoisotopic (exact) mass is 187 g/mol. The Morgan fingerprint density at radius 2 is 1.85 bits per heavy atom. The highest BCUT2D eigenvalue weighted by molar-refractivity contribution is 5.16. The highest BCUT2D eigenvalue weighted by Crippen LogP contribution is 2.21. The maximum Gasteiger partial charge on any atom is 0.290 e. The van der Waals surface area contributed by atoms with E-state index in [2.05, 4.69) is 0 Å². The van der Waals surface area contributed by atoms with Gasteiger partial charge in [-0.1, -0.05) is 30.3 Å². The molecule has 1 rings (SSSR count). The summed E-state index contributed by atoms with van der Waals surface area (Å²) in [5.74, 6) is -3.26. The van der Waals surface area contributed by atoms with Crippen LogP contribution < -0.4 is 5.73 Å². The van der Waals surface area contributed by atoms with Gasteiger partial charge in [0.25, 0.3) is 5.92 Å². The van der Waals surface area contributed by atoms with E-state index in [0.29, 0.717) is 5.56 Å². The molecule has 0 aromatic heterocycles. The molecule has 0 saturated carbocycles. The van der Waals surface area contributed by atoms with Gasteiger partial charge in [-0.3, -0.25) is 0 Å². The normalized spacial score (nSPS) is 14.2. The minimum atomic E-state index is -3.26. The molecular formula is C9H11F2NO. The topological polar surface area (TPSA) is 46.2 Å². The summed E-state index contributed by atoms with van der Waals surface area (Å²) in [7, 11) is 0. The molecule has 2 nitrogen and oxygen atoms in total. The van der Waals surface area contributed by atoms with Crippen molar-refractivity contribution in [1.82, 2.24) is 0 Å². The van der Waals surface area contributed by atoms with E-state index < -0.39 is 18.6 Å². The molecule has 13 heavy (non-hydrogen) atoms. The standard InChI is InChI=1S/C9H11F2NO/c10-9(11,8(12)13)6-7-4-2-1-3-5-7/h1-5,8,13H,6,12H2. The van der Waals surface area contributed by atoms with Gasteiger partial charge < -0.3 is 10.8 Å². The van der Waals surface area contributed by atoms with Crippen molar-refractivity contribution >= 4 is 0 Å². The molecule has 0 aliphatic carbocycles. The van der Waals surface area contributed by atoms with Crippen molar-refractivity contribution in [2.24, 2.45) is 5.73 Å². The van der Waals surface area contributed by atoms with Crippen LogP contribution in [0.1, 0.15) is 5.56 Å². The Labute approximate surface area is 75.0 Å². The van der Waals surface area contributed by atoms with Crippen LogP contribution in [0, 0.1) is 0 Å². The van der Waals surface area contributed by atoms with E-state index in [-0.39, 0.29) is 0 Å². The highest BCUT2D eigenvalue weighted by atomic mass is 19.3. The van der Waals surface area contributed by atoms with E-state index in [1.807, 2.05) is 0 Å². The predicted molar refractivity (Wildman–Crippen MR) is 45.3 cm³/mol. The van der Waals surface area contributed by atoms with Crippen molar-refractivity contribution in [3.63, 3.8) is 0 Å². The lowest BCUT2D eigenvalue weighted by Crippen LogP contribution is -2.42. The van der Waals surface area contributed by atoms with Gasteiger partial charge in [-0.25, -0.2) is 8.78 Å². The summed E-state index contributed by atoms with van der Waals surface area (Å²) in [6.07, 6.45) is -2.64. The Morgan fingerprint density at radius 3 is 2.31 bits per heavy atom. The fourth-order valence-corrected chi connectivity index (χ4v) is 0.973. The summed E-state index contributed by atoms with van der Waals surface area (Å²) in [6, 6.07) is 8.19. The number of hydrogen-bond donors (Lipinski definition) is 2. The number of aliphatic hydroxyl groups is 1. The number of alkyl halides is 2. The molecule has 1 aromatic carbocycles. The summed E-state index contributed by atoms with van der Waals surface area (Å²) in [6.45, 7) is 0. The highest BCUT2D eigenvalue weighted by Gasteiger charge is 2.35. The van der Waals surface area contributed by atoms with Crippen LogP contribution in [0.15, 0.2) is 30.3 Å². The van der Waals surface area contributed by atoms with Crippen LogP contribution in [-0.2, 0) is 6.42 Å². The first-order valence-corrected chi connectivity index (χ1v) is 3.88. The number of rotatable bonds is 3. The molecule has 0 aliphatic rings. The molecule has 0 fully saturated rings. The van der Waals surface area contributed by atoms with Gasteiger partial charge in [-0.15, -0.1) is 0 Å². The summed E-state index contributed by atoms with van der Waals surface area (Å²) >= 11 is 0. The third-order valence-electron chi connectivity index (χ3n) is 1.72. The summed E-state index contributed by atoms with van der Waals surface area (Å²) in [5.41, 5.74) is 5.18. The Hall–Kier alpha value is -1.00. The second-order valence-corrected chi connectivity index (χ2v) is 2.87. The fourth-order valence-electron chi connectivity index (χ4n) is 0.973. The van der Waals surface area contributed by atoms with E-state index >= 15 is 0 Å². The van der Waals surface area contributed by atoms with Crippen LogP contribution in [0.2, 0.25) is 0 Å². The minimum Gasteiger partial charge on any atom is -0.373 e. The van der Waals surface area contributed by atoms with Crippen molar-refractivity contribution in [3.8, 4) is 0 Å². The van der Waals surface area contributed by atoms with E-state index in [0.717, 1.165) is 0 Å². The first kappa shape index (κ1) is 10.1. The predicted octanol–water partition coefficient (Wildman–Crippen LogP) is 1.14. The number of benzene rings is 1. The van der Waals surface area contributed by atoms with Gasteiger partial charge in [-0.2, -0.15) is 0 Å². The van der Waals surface area contributed by atoms with Crippen molar-refractivity contribution in [3.05, 3.63) is 35.9 Å². The van der Waals surface area contributed by atoms with Crippen LogP contribution in [0.25, 0.3) is 0 Å². The number of nitrogens with two attached hydrogens (primary N) is 1. The lowest BCUT2D eigenvalue weighted by molar-refractivity contribution is -0.104. The number of halogens is 2. The Morgan fingerprint density at radius 1 is 1.31 bits per heavy atom. The molecule has 0 aliphatic heterocycles. The average Bonchev–Trinajstić information content (AvgIpc) is 2.05. The first-order chi connectivity index (χ1) is 6.02. The maximum atomic E-state index is 12.9. The lowest BCUT2D eigenvalue weighted by atomic mass is 10.1. The quantitative estimate of drug-likeness (QED) is 0.697. The van der Waals surface area contributed by atoms with Crippen LogP contribution >= 0.6 is 0 Å². The molecule has 72 valence electrons. The third-order valence-corrected chi connectivity index (χ3v) is 1.72. The molecule has 0 bridgehead atoms. The fraction of sp³-hybridized carbons (Fsp3) is 0.333. The van der Waals surface area contributed by atoms with E-state index in [1.54, 1.807) is 30.3 Å². The Kier molecular flexibility index (Phi) is 2.95. The molecule has 0 spiro atoms. The Bertz CT molecular complexity index is 262. The largest absolute Gasteiger partial charge is 0.373 e. The van der Waals surface area contributed by atoms with Crippen molar-refractivity contribution in [2.75, 3.05) is 0 Å². The zero-order chi connectivity index (χ0) is 9.90. The molecule has 0 saturated heterocycles. The molecule has 0 radical (unpaired) electrons. The van der Waals surface area contributed by atoms with Crippen molar-refractivity contribution in [1.29, 1.82) is 0 Å². The van der Waals surface area contributed by atoms with Gasteiger partial charge in [0.05, 0.1) is 0 Å². The van der Waals surface area contributed by atoms with E-state index in [9.17, 15) is 8.78 Å². The average molecular weight is 187 g/mol. The second kappa shape index (κ2) is 3.81. The third kappa shape index (κ3) is 2.75. The zero-order valence-electron chi connectivity index (χ0n) is 6.95. The number of aliphatic hydroxyl groups excluding tert-OH is 1. The second-order valence-electron chi connectivity index (χ2n) is 2.87. The van der Waals surface area contributed by atoms with Crippen molar-refractivity contribution < 1.29 is 13.9 Å². The molecule has 4 heteroatoms. The van der Waals surface area contributed by atoms with Gasteiger partial charge in [-0.05, 0) is 5.56 Å². The molecule has 3 N–H and O–H groups in total. The summed E-state index contributed by atoms with van der Waals surface area (Å²) < 4.78 is 25.7. The molecule has 0 heterocycles.